The number of hydrogen-bond donors (Lipinski definition) is 2. The summed E-state index contributed by atoms with van der Waals surface area (Å²) in [7, 11) is 0. The Bertz CT molecular complexity index is 230. The molecule has 0 aromatic rings. The summed E-state index contributed by atoms with van der Waals surface area (Å²) in [6, 6.07) is 0.238. The molecule has 1 aliphatic heterocycles. The van der Waals surface area contributed by atoms with Gasteiger partial charge < -0.3 is 4.90 Å². The summed E-state index contributed by atoms with van der Waals surface area (Å²) >= 11 is 5.93. The number of aliphatic imine (C=N–C) groups is 1. The molecule has 2 atom stereocenters. The van der Waals surface area contributed by atoms with Gasteiger partial charge in [-0.15, -0.1) is 0 Å². The van der Waals surface area contributed by atoms with Crippen LogP contribution in [0.25, 0.3) is 0 Å². The van der Waals surface area contributed by atoms with E-state index in [0.29, 0.717) is 5.29 Å². The van der Waals surface area contributed by atoms with Crippen molar-refractivity contribution in [1.82, 2.24) is 9.80 Å². The average molecular weight is 220 g/mol. The van der Waals surface area contributed by atoms with Crippen LogP contribution < -0.4 is 11.5 Å². The van der Waals surface area contributed by atoms with Crippen molar-refractivity contribution in [1.29, 1.82) is 0 Å². The van der Waals surface area contributed by atoms with Crippen LogP contribution in [0.3, 0.4) is 0 Å². The van der Waals surface area contributed by atoms with Gasteiger partial charge in [-0.05, 0) is 32.4 Å². The van der Waals surface area contributed by atoms with Crippen molar-refractivity contribution in [3.05, 3.63) is 0 Å². The van der Waals surface area contributed by atoms with E-state index in [1.165, 1.54) is 0 Å². The SMILES string of the molecule is CCN1C(Cl)=NC(N)N(C(C)C)C1N. The molecule has 5 nitrogen and oxygen atoms in total. The third-order valence-corrected chi connectivity index (χ3v) is 2.66. The van der Waals surface area contributed by atoms with Gasteiger partial charge in [0.2, 0.25) is 0 Å². The Hall–Kier alpha value is -0.360. The molecule has 4 N–H and O–H groups in total. The highest BCUT2D eigenvalue weighted by molar-refractivity contribution is 6.64. The predicted octanol–water partition coefficient (Wildman–Crippen LogP) is 0.112. The highest BCUT2D eigenvalue weighted by Crippen LogP contribution is 2.17. The van der Waals surface area contributed by atoms with Gasteiger partial charge in [-0.25, -0.2) is 9.89 Å². The van der Waals surface area contributed by atoms with Crippen LogP contribution >= 0.6 is 11.6 Å². The number of rotatable bonds is 2. The number of nitrogens with zero attached hydrogens (tertiary/aromatic N) is 3. The number of halogens is 1. The van der Waals surface area contributed by atoms with Crippen molar-refractivity contribution in [3.8, 4) is 0 Å². The van der Waals surface area contributed by atoms with Crippen LogP contribution in [-0.2, 0) is 0 Å². The topological polar surface area (TPSA) is 70.9 Å². The van der Waals surface area contributed by atoms with Gasteiger partial charge in [0.1, 0.15) is 6.29 Å². The first-order valence-corrected chi connectivity index (χ1v) is 5.15. The van der Waals surface area contributed by atoms with E-state index >= 15 is 0 Å². The fourth-order valence-corrected chi connectivity index (χ4v) is 1.92. The predicted molar refractivity (Wildman–Crippen MR) is 58.6 cm³/mol. The lowest BCUT2D eigenvalue weighted by atomic mass is 10.3. The van der Waals surface area contributed by atoms with Crippen LogP contribution in [0.5, 0.6) is 0 Å². The molecule has 0 aromatic heterocycles. The van der Waals surface area contributed by atoms with Gasteiger partial charge in [0.15, 0.2) is 11.6 Å². The van der Waals surface area contributed by atoms with Crippen molar-refractivity contribution < 1.29 is 0 Å². The second kappa shape index (κ2) is 4.44. The summed E-state index contributed by atoms with van der Waals surface area (Å²) < 4.78 is 0. The standard InChI is InChI=1S/C8H18ClN5/c1-4-13-6(9)12-7(10)14(5(2)3)8(13)11/h5,7-8H,4,10-11H2,1-3H3. The van der Waals surface area contributed by atoms with Gasteiger partial charge in [-0.1, -0.05) is 0 Å². The van der Waals surface area contributed by atoms with Gasteiger partial charge in [-0.3, -0.25) is 11.5 Å². The third-order valence-electron chi connectivity index (χ3n) is 2.34. The molecular formula is C8H18ClN5. The minimum atomic E-state index is -0.444. The molecule has 82 valence electrons. The fourth-order valence-electron chi connectivity index (χ4n) is 1.61. The van der Waals surface area contributed by atoms with E-state index in [2.05, 4.69) is 4.99 Å². The lowest BCUT2D eigenvalue weighted by molar-refractivity contribution is 0.0200. The van der Waals surface area contributed by atoms with E-state index in [1.807, 2.05) is 30.6 Å². The first-order chi connectivity index (χ1) is 6.49. The van der Waals surface area contributed by atoms with E-state index in [4.69, 9.17) is 23.1 Å². The summed E-state index contributed by atoms with van der Waals surface area (Å²) in [5.74, 6) is 0. The first-order valence-electron chi connectivity index (χ1n) is 4.77. The smallest absolute Gasteiger partial charge is 0.199 e. The molecule has 0 spiro atoms. The Kier molecular flexibility index (Phi) is 3.71. The van der Waals surface area contributed by atoms with Crippen LogP contribution in [0.15, 0.2) is 4.99 Å². The van der Waals surface area contributed by atoms with Gasteiger partial charge in [-0.2, -0.15) is 0 Å². The average Bonchev–Trinajstić information content (AvgIpc) is 2.02. The summed E-state index contributed by atoms with van der Waals surface area (Å²) in [5.41, 5.74) is 11.8. The summed E-state index contributed by atoms with van der Waals surface area (Å²) in [6.45, 7) is 6.76. The van der Waals surface area contributed by atoms with Crippen molar-refractivity contribution in [2.24, 2.45) is 16.5 Å². The van der Waals surface area contributed by atoms with Crippen LogP contribution in [0.4, 0.5) is 0 Å². The highest BCUT2D eigenvalue weighted by Gasteiger charge is 2.33. The Morgan fingerprint density at radius 1 is 1.50 bits per heavy atom. The number of hydrogen-bond acceptors (Lipinski definition) is 5. The molecular weight excluding hydrogens is 202 g/mol. The molecule has 0 bridgehead atoms. The molecule has 0 radical (unpaired) electrons. The van der Waals surface area contributed by atoms with E-state index in [0.717, 1.165) is 6.54 Å². The van der Waals surface area contributed by atoms with E-state index in [-0.39, 0.29) is 12.3 Å². The molecule has 0 fully saturated rings. The molecule has 1 heterocycles. The van der Waals surface area contributed by atoms with Gasteiger partial charge in [0.05, 0.1) is 0 Å². The van der Waals surface area contributed by atoms with E-state index < -0.39 is 6.29 Å². The molecule has 0 amide bonds. The molecule has 1 rings (SSSR count). The highest BCUT2D eigenvalue weighted by atomic mass is 35.5. The van der Waals surface area contributed by atoms with Crippen molar-refractivity contribution in [3.63, 3.8) is 0 Å². The molecule has 0 aromatic carbocycles. The molecule has 0 saturated carbocycles. The van der Waals surface area contributed by atoms with E-state index in [9.17, 15) is 0 Å². The summed E-state index contributed by atoms with van der Waals surface area (Å²) in [5, 5.41) is 0.393. The molecule has 6 heteroatoms. The lowest BCUT2D eigenvalue weighted by Gasteiger charge is -2.44. The number of amidine groups is 1. The minimum absolute atomic E-state index is 0.238. The van der Waals surface area contributed by atoms with Gasteiger partial charge in [0.25, 0.3) is 0 Å². The molecule has 1 aliphatic rings. The Morgan fingerprint density at radius 2 is 2.07 bits per heavy atom. The lowest BCUT2D eigenvalue weighted by Crippen LogP contribution is -2.65. The Balaban J connectivity index is 2.91. The number of nitrogens with two attached hydrogens (primary N) is 2. The molecule has 14 heavy (non-hydrogen) atoms. The fraction of sp³-hybridized carbons (Fsp3) is 0.875. The normalized spacial score (nSPS) is 29.6. The van der Waals surface area contributed by atoms with Crippen molar-refractivity contribution in [2.75, 3.05) is 6.54 Å². The first kappa shape index (κ1) is 11.7. The van der Waals surface area contributed by atoms with Crippen LogP contribution in [-0.4, -0.2) is 40.3 Å². The monoisotopic (exact) mass is 219 g/mol. The maximum Gasteiger partial charge on any atom is 0.199 e. The van der Waals surface area contributed by atoms with E-state index in [1.54, 1.807) is 0 Å². The quantitative estimate of drug-likeness (QED) is 0.647. The van der Waals surface area contributed by atoms with Crippen LogP contribution in [0.1, 0.15) is 20.8 Å². The molecule has 0 aliphatic carbocycles. The van der Waals surface area contributed by atoms with Crippen LogP contribution in [0.2, 0.25) is 0 Å². The summed E-state index contributed by atoms with van der Waals surface area (Å²) in [4.78, 5) is 7.84. The van der Waals surface area contributed by atoms with Gasteiger partial charge >= 0.3 is 0 Å². The zero-order valence-electron chi connectivity index (χ0n) is 8.81. The maximum absolute atomic E-state index is 6.02. The largest absolute Gasteiger partial charge is 0.319 e. The zero-order valence-corrected chi connectivity index (χ0v) is 9.57. The summed E-state index contributed by atoms with van der Waals surface area (Å²) in [6.07, 6.45) is -0.736. The Labute approximate surface area is 89.7 Å². The molecule has 2 unspecified atom stereocenters. The maximum atomic E-state index is 6.02. The van der Waals surface area contributed by atoms with Gasteiger partial charge in [0, 0.05) is 12.6 Å². The zero-order chi connectivity index (χ0) is 10.9. The Morgan fingerprint density at radius 3 is 2.50 bits per heavy atom. The second-order valence-electron chi connectivity index (χ2n) is 3.55. The van der Waals surface area contributed by atoms with Crippen molar-refractivity contribution in [2.45, 2.75) is 39.4 Å². The second-order valence-corrected chi connectivity index (χ2v) is 3.89. The third kappa shape index (κ3) is 2.00. The van der Waals surface area contributed by atoms with Crippen LogP contribution in [0, 0.1) is 0 Å². The molecule has 0 saturated heterocycles. The van der Waals surface area contributed by atoms with Crippen molar-refractivity contribution >= 4 is 16.9 Å². The minimum Gasteiger partial charge on any atom is -0.319 e.